The fourth-order valence-corrected chi connectivity index (χ4v) is 3.54. The lowest BCUT2D eigenvalue weighted by Gasteiger charge is -2.37. The third-order valence-corrected chi connectivity index (χ3v) is 5.18. The molecule has 1 aliphatic heterocycles. The molecule has 1 saturated heterocycles. The molecule has 0 aliphatic carbocycles. The van der Waals surface area contributed by atoms with Gasteiger partial charge in [0.15, 0.2) is 0 Å². The first-order chi connectivity index (χ1) is 13.3. The Hall–Kier alpha value is -2.01. The molecule has 0 radical (unpaired) electrons. The smallest absolute Gasteiger partial charge is 0.430 e. The molecular weight excluding hydrogens is 406 g/mol. The minimum atomic E-state index is -5.91. The molecule has 1 amide bonds. The Morgan fingerprint density at radius 2 is 1.55 bits per heavy atom. The summed E-state index contributed by atoms with van der Waals surface area (Å²) in [6.07, 6.45) is -11.7. The number of amides is 1. The van der Waals surface area contributed by atoms with Gasteiger partial charge in [0.05, 0.1) is 0 Å². The highest BCUT2D eigenvalue weighted by atomic mass is 19.4. The normalized spacial score (nSPS) is 17.4. The Kier molecular flexibility index (Phi) is 6.73. The highest BCUT2D eigenvalue weighted by Crippen LogP contribution is 2.49. The summed E-state index contributed by atoms with van der Waals surface area (Å²) in [4.78, 5) is 14.5. The van der Waals surface area contributed by atoms with Gasteiger partial charge in [-0.15, -0.1) is 0 Å². The number of alkyl halides is 6. The lowest BCUT2D eigenvalue weighted by atomic mass is 9.91. The largest absolute Gasteiger partial charge is 0.465 e. The highest BCUT2D eigenvalue weighted by molar-refractivity contribution is 5.65. The number of hydrogen-bond acceptors (Lipinski definition) is 3. The van der Waals surface area contributed by atoms with E-state index in [2.05, 4.69) is 0 Å². The number of likely N-dealkylation sites (tertiary alicyclic amines) is 1. The molecule has 0 spiro atoms. The van der Waals surface area contributed by atoms with Gasteiger partial charge in [-0.3, -0.25) is 4.90 Å². The zero-order chi connectivity index (χ0) is 22.0. The standard InChI is InChI=1S/C18H22F6N2O3/c1-2-26(15(27)28)14-7-9-25(10-8-14)11-12-3-5-13(6-4-12)16(29,17(19,20)21)18(22,23)24/h3-6,14,29H,2,7-11H2,1H3,(H,27,28). The Balaban J connectivity index is 2.06. The Bertz CT molecular complexity index is 683. The van der Waals surface area contributed by atoms with Gasteiger partial charge in [0.2, 0.25) is 0 Å². The van der Waals surface area contributed by atoms with E-state index in [1.807, 2.05) is 4.90 Å². The van der Waals surface area contributed by atoms with Crippen molar-refractivity contribution < 1.29 is 41.4 Å². The van der Waals surface area contributed by atoms with Gasteiger partial charge in [0.1, 0.15) is 0 Å². The minimum absolute atomic E-state index is 0.121. The van der Waals surface area contributed by atoms with E-state index in [0.29, 0.717) is 56.7 Å². The fourth-order valence-electron chi connectivity index (χ4n) is 3.54. The first-order valence-electron chi connectivity index (χ1n) is 8.98. The Labute approximate surface area is 163 Å². The van der Waals surface area contributed by atoms with E-state index in [0.717, 1.165) is 12.1 Å². The molecule has 5 nitrogen and oxygen atoms in total. The number of aliphatic hydroxyl groups is 1. The number of rotatable bonds is 5. The molecule has 1 aliphatic rings. The zero-order valence-corrected chi connectivity index (χ0v) is 15.6. The lowest BCUT2D eigenvalue weighted by Crippen LogP contribution is -2.53. The van der Waals surface area contributed by atoms with Gasteiger partial charge in [-0.05, 0) is 25.3 Å². The molecule has 1 aromatic rings. The average molecular weight is 428 g/mol. The first-order valence-corrected chi connectivity index (χ1v) is 8.98. The molecule has 2 rings (SSSR count). The predicted molar refractivity (Wildman–Crippen MR) is 91.2 cm³/mol. The second kappa shape index (κ2) is 8.39. The van der Waals surface area contributed by atoms with Crippen molar-refractivity contribution >= 4 is 6.09 Å². The van der Waals surface area contributed by atoms with Crippen molar-refractivity contribution in [2.24, 2.45) is 0 Å². The maximum absolute atomic E-state index is 12.9. The maximum Gasteiger partial charge on any atom is 0.430 e. The van der Waals surface area contributed by atoms with Crippen LogP contribution >= 0.6 is 0 Å². The number of carbonyl (C=O) groups is 1. The van der Waals surface area contributed by atoms with Gasteiger partial charge in [0.25, 0.3) is 5.60 Å². The van der Waals surface area contributed by atoms with Crippen LogP contribution in [0, 0.1) is 0 Å². The van der Waals surface area contributed by atoms with E-state index in [9.17, 15) is 36.2 Å². The van der Waals surface area contributed by atoms with Crippen molar-refractivity contribution in [2.45, 2.75) is 50.3 Å². The van der Waals surface area contributed by atoms with E-state index in [1.165, 1.54) is 4.90 Å². The Morgan fingerprint density at radius 3 is 1.93 bits per heavy atom. The molecule has 2 N–H and O–H groups in total. The first kappa shape index (κ1) is 23.3. The van der Waals surface area contributed by atoms with Crippen LogP contribution in [0.3, 0.4) is 0 Å². The van der Waals surface area contributed by atoms with Crippen molar-refractivity contribution in [1.29, 1.82) is 0 Å². The molecule has 11 heteroatoms. The average Bonchev–Trinajstić information content (AvgIpc) is 2.61. The number of hydrogen-bond donors (Lipinski definition) is 2. The van der Waals surface area contributed by atoms with Gasteiger partial charge in [0, 0.05) is 37.8 Å². The van der Waals surface area contributed by atoms with E-state index in [4.69, 9.17) is 5.11 Å². The van der Waals surface area contributed by atoms with E-state index < -0.39 is 29.6 Å². The van der Waals surface area contributed by atoms with Crippen molar-refractivity contribution in [2.75, 3.05) is 19.6 Å². The van der Waals surface area contributed by atoms with Gasteiger partial charge in [-0.25, -0.2) is 4.79 Å². The number of benzene rings is 1. The van der Waals surface area contributed by atoms with Crippen LogP contribution in [-0.4, -0.2) is 64.1 Å². The van der Waals surface area contributed by atoms with Gasteiger partial charge in [-0.2, -0.15) is 26.3 Å². The van der Waals surface area contributed by atoms with Crippen LogP contribution in [-0.2, 0) is 12.1 Å². The van der Waals surface area contributed by atoms with E-state index in [-0.39, 0.29) is 6.04 Å². The molecule has 0 saturated carbocycles. The summed E-state index contributed by atoms with van der Waals surface area (Å²) in [7, 11) is 0. The molecule has 0 atom stereocenters. The van der Waals surface area contributed by atoms with Crippen molar-refractivity contribution in [3.8, 4) is 0 Å². The van der Waals surface area contributed by atoms with E-state index in [1.54, 1.807) is 6.92 Å². The lowest BCUT2D eigenvalue weighted by molar-refractivity contribution is -0.376. The molecule has 1 fully saturated rings. The Morgan fingerprint density at radius 1 is 1.07 bits per heavy atom. The van der Waals surface area contributed by atoms with Crippen LogP contribution in [0.25, 0.3) is 0 Å². The number of halogens is 6. The minimum Gasteiger partial charge on any atom is -0.465 e. The third kappa shape index (κ3) is 4.77. The SMILES string of the molecule is CCN(C(=O)O)C1CCN(Cc2ccc(C(O)(C(F)(F)F)C(F)(F)F)cc2)CC1. The molecule has 1 aromatic carbocycles. The summed E-state index contributed by atoms with van der Waals surface area (Å²) in [6.45, 7) is 3.49. The fraction of sp³-hybridized carbons (Fsp3) is 0.611. The van der Waals surface area contributed by atoms with Crippen LogP contribution in [0.1, 0.15) is 30.9 Å². The van der Waals surface area contributed by atoms with Crippen LogP contribution in [0.5, 0.6) is 0 Å². The van der Waals surface area contributed by atoms with Crippen molar-refractivity contribution in [3.05, 3.63) is 35.4 Å². The molecule has 1 heterocycles. The van der Waals surface area contributed by atoms with Gasteiger partial charge >= 0.3 is 18.4 Å². The number of nitrogens with zero attached hydrogens (tertiary/aromatic N) is 2. The molecule has 0 unspecified atom stereocenters. The summed E-state index contributed by atoms with van der Waals surface area (Å²) in [5, 5.41) is 18.6. The monoisotopic (exact) mass is 428 g/mol. The van der Waals surface area contributed by atoms with Gasteiger partial charge in [-0.1, -0.05) is 24.3 Å². The summed E-state index contributed by atoms with van der Waals surface area (Å²) in [5.74, 6) is 0. The van der Waals surface area contributed by atoms with Crippen LogP contribution in [0.15, 0.2) is 24.3 Å². The zero-order valence-electron chi connectivity index (χ0n) is 15.6. The van der Waals surface area contributed by atoms with E-state index >= 15 is 0 Å². The summed E-state index contributed by atoms with van der Waals surface area (Å²) in [6, 6.07) is 3.39. The summed E-state index contributed by atoms with van der Waals surface area (Å²) in [5.41, 5.74) is -5.73. The summed E-state index contributed by atoms with van der Waals surface area (Å²) >= 11 is 0. The second-order valence-corrected chi connectivity index (χ2v) is 6.98. The van der Waals surface area contributed by atoms with Crippen molar-refractivity contribution in [3.63, 3.8) is 0 Å². The van der Waals surface area contributed by atoms with Crippen molar-refractivity contribution in [1.82, 2.24) is 9.80 Å². The molecule has 0 bridgehead atoms. The second-order valence-electron chi connectivity index (χ2n) is 6.98. The topological polar surface area (TPSA) is 64.0 Å². The molecule has 29 heavy (non-hydrogen) atoms. The highest BCUT2D eigenvalue weighted by Gasteiger charge is 2.71. The quantitative estimate of drug-likeness (QED) is 0.697. The maximum atomic E-state index is 12.9. The van der Waals surface area contributed by atoms with Gasteiger partial charge < -0.3 is 15.1 Å². The molecule has 0 aromatic heterocycles. The van der Waals surface area contributed by atoms with Crippen LogP contribution in [0.4, 0.5) is 31.1 Å². The third-order valence-electron chi connectivity index (χ3n) is 5.18. The predicted octanol–water partition coefficient (Wildman–Crippen LogP) is 3.96. The number of carboxylic acid groups (broad SMARTS) is 1. The molecule has 164 valence electrons. The van der Waals surface area contributed by atoms with Crippen LogP contribution in [0.2, 0.25) is 0 Å². The molecular formula is C18H22F6N2O3. The van der Waals surface area contributed by atoms with Crippen LogP contribution < -0.4 is 0 Å². The summed E-state index contributed by atoms with van der Waals surface area (Å²) < 4.78 is 77.5. The number of piperidine rings is 1.